The van der Waals surface area contributed by atoms with Crippen LogP contribution in [-0.4, -0.2) is 11.4 Å². The molecule has 19 heavy (non-hydrogen) atoms. The summed E-state index contributed by atoms with van der Waals surface area (Å²) in [7, 11) is 0. The molecular formula is C14H11BrClNO2. The van der Waals surface area contributed by atoms with E-state index in [-0.39, 0.29) is 0 Å². The Hall–Kier alpha value is -1.52. The van der Waals surface area contributed by atoms with Gasteiger partial charge in [-0.2, -0.15) is 0 Å². The van der Waals surface area contributed by atoms with Crippen LogP contribution in [0.25, 0.3) is 0 Å². The van der Waals surface area contributed by atoms with Gasteiger partial charge in [0.05, 0.1) is 10.7 Å². The monoisotopic (exact) mass is 339 g/mol. The van der Waals surface area contributed by atoms with Gasteiger partial charge in [-0.3, -0.25) is 0 Å². The molecule has 0 fully saturated rings. The molecule has 0 heterocycles. The zero-order valence-corrected chi connectivity index (χ0v) is 12.2. The van der Waals surface area contributed by atoms with Crippen molar-refractivity contribution in [2.45, 2.75) is 6.61 Å². The summed E-state index contributed by atoms with van der Waals surface area (Å²) < 4.78 is 6.49. The molecule has 0 aliphatic carbocycles. The molecule has 5 heteroatoms. The number of halogens is 2. The second-order valence-corrected chi connectivity index (χ2v) is 5.08. The van der Waals surface area contributed by atoms with Crippen LogP contribution in [0.5, 0.6) is 5.75 Å². The summed E-state index contributed by atoms with van der Waals surface area (Å²) in [4.78, 5) is 0. The van der Waals surface area contributed by atoms with E-state index in [4.69, 9.17) is 21.5 Å². The van der Waals surface area contributed by atoms with E-state index in [1.807, 2.05) is 30.3 Å². The van der Waals surface area contributed by atoms with Crippen molar-refractivity contribution in [1.29, 1.82) is 0 Å². The van der Waals surface area contributed by atoms with Gasteiger partial charge >= 0.3 is 0 Å². The molecule has 0 aliphatic rings. The molecule has 3 nitrogen and oxygen atoms in total. The molecule has 0 saturated heterocycles. The maximum absolute atomic E-state index is 8.47. The SMILES string of the molecule is O/N=C\c1ccc(OCc2ccccc2Cl)c(Br)c1. The summed E-state index contributed by atoms with van der Waals surface area (Å²) >= 11 is 9.47. The number of ether oxygens (including phenoxy) is 1. The van der Waals surface area contributed by atoms with Crippen LogP contribution in [0.4, 0.5) is 0 Å². The molecule has 2 aromatic rings. The van der Waals surface area contributed by atoms with E-state index in [2.05, 4.69) is 21.1 Å². The lowest BCUT2D eigenvalue weighted by Gasteiger charge is -2.09. The van der Waals surface area contributed by atoms with Crippen LogP contribution in [0.3, 0.4) is 0 Å². The minimum Gasteiger partial charge on any atom is -0.488 e. The highest BCUT2D eigenvalue weighted by molar-refractivity contribution is 9.10. The van der Waals surface area contributed by atoms with E-state index in [9.17, 15) is 0 Å². The number of benzene rings is 2. The van der Waals surface area contributed by atoms with Crippen LogP contribution in [0.15, 0.2) is 52.1 Å². The van der Waals surface area contributed by atoms with E-state index < -0.39 is 0 Å². The van der Waals surface area contributed by atoms with Crippen molar-refractivity contribution < 1.29 is 9.94 Å². The molecule has 0 bridgehead atoms. The zero-order valence-electron chi connectivity index (χ0n) is 9.88. The van der Waals surface area contributed by atoms with Crippen LogP contribution in [-0.2, 0) is 6.61 Å². The quantitative estimate of drug-likeness (QED) is 0.506. The summed E-state index contributed by atoms with van der Waals surface area (Å²) in [5, 5.41) is 12.1. The molecule has 0 aromatic heterocycles. The van der Waals surface area contributed by atoms with E-state index in [1.54, 1.807) is 12.1 Å². The van der Waals surface area contributed by atoms with Gasteiger partial charge in [0.25, 0.3) is 0 Å². The first-order chi connectivity index (χ1) is 9.20. The summed E-state index contributed by atoms with van der Waals surface area (Å²) in [6.07, 6.45) is 1.35. The molecule has 98 valence electrons. The fourth-order valence-corrected chi connectivity index (χ4v) is 2.25. The van der Waals surface area contributed by atoms with Crippen molar-refractivity contribution in [1.82, 2.24) is 0 Å². The van der Waals surface area contributed by atoms with Crippen molar-refractivity contribution in [3.8, 4) is 5.75 Å². The summed E-state index contributed by atoms with van der Waals surface area (Å²) in [5.74, 6) is 0.704. The molecule has 0 atom stereocenters. The van der Waals surface area contributed by atoms with E-state index >= 15 is 0 Å². The smallest absolute Gasteiger partial charge is 0.134 e. The van der Waals surface area contributed by atoms with Crippen molar-refractivity contribution in [2.75, 3.05) is 0 Å². The Bertz CT molecular complexity index is 602. The first-order valence-corrected chi connectivity index (χ1v) is 6.71. The maximum atomic E-state index is 8.47. The largest absolute Gasteiger partial charge is 0.488 e. The fraction of sp³-hybridized carbons (Fsp3) is 0.0714. The molecular weight excluding hydrogens is 330 g/mol. The maximum Gasteiger partial charge on any atom is 0.134 e. The van der Waals surface area contributed by atoms with Gasteiger partial charge in [0, 0.05) is 10.6 Å². The predicted octanol–water partition coefficient (Wildman–Crippen LogP) is 4.49. The second-order valence-electron chi connectivity index (χ2n) is 3.81. The van der Waals surface area contributed by atoms with Crippen LogP contribution in [0.1, 0.15) is 11.1 Å². The Morgan fingerprint density at radius 2 is 2.05 bits per heavy atom. The summed E-state index contributed by atoms with van der Waals surface area (Å²) in [6, 6.07) is 13.0. The second kappa shape index (κ2) is 6.59. The number of oxime groups is 1. The molecule has 0 unspecified atom stereocenters. The average Bonchev–Trinajstić information content (AvgIpc) is 2.40. The van der Waals surface area contributed by atoms with Gasteiger partial charge in [0.1, 0.15) is 12.4 Å². The van der Waals surface area contributed by atoms with Gasteiger partial charge < -0.3 is 9.94 Å². The summed E-state index contributed by atoms with van der Waals surface area (Å²) in [5.41, 5.74) is 1.71. The van der Waals surface area contributed by atoms with Gasteiger partial charge in [0.2, 0.25) is 0 Å². The Morgan fingerprint density at radius 1 is 1.26 bits per heavy atom. The number of rotatable bonds is 4. The van der Waals surface area contributed by atoms with E-state index in [1.165, 1.54) is 6.21 Å². The lowest BCUT2D eigenvalue weighted by molar-refractivity contribution is 0.304. The Morgan fingerprint density at radius 3 is 2.74 bits per heavy atom. The number of hydrogen-bond donors (Lipinski definition) is 1. The van der Waals surface area contributed by atoms with Gasteiger partial charge in [-0.15, -0.1) is 0 Å². The third-order valence-corrected chi connectivity index (χ3v) is 3.49. The van der Waals surface area contributed by atoms with Crippen molar-refractivity contribution >= 4 is 33.7 Å². The van der Waals surface area contributed by atoms with Crippen LogP contribution < -0.4 is 4.74 Å². The highest BCUT2D eigenvalue weighted by atomic mass is 79.9. The molecule has 0 spiro atoms. The molecule has 0 radical (unpaired) electrons. The molecule has 0 amide bonds. The van der Waals surface area contributed by atoms with Gasteiger partial charge in [-0.25, -0.2) is 0 Å². The molecule has 0 aliphatic heterocycles. The van der Waals surface area contributed by atoms with Crippen LogP contribution in [0, 0.1) is 0 Å². The normalized spacial score (nSPS) is 10.8. The Balaban J connectivity index is 2.10. The molecule has 0 saturated carbocycles. The first-order valence-electron chi connectivity index (χ1n) is 5.54. The lowest BCUT2D eigenvalue weighted by atomic mass is 10.2. The highest BCUT2D eigenvalue weighted by Gasteiger charge is 2.04. The topological polar surface area (TPSA) is 41.8 Å². The average molecular weight is 341 g/mol. The minimum absolute atomic E-state index is 0.395. The third-order valence-electron chi connectivity index (χ3n) is 2.50. The molecule has 2 rings (SSSR count). The number of nitrogens with zero attached hydrogens (tertiary/aromatic N) is 1. The fourth-order valence-electron chi connectivity index (χ4n) is 1.55. The Kier molecular flexibility index (Phi) is 4.82. The van der Waals surface area contributed by atoms with Gasteiger partial charge in [0.15, 0.2) is 0 Å². The first kappa shape index (κ1) is 13.9. The van der Waals surface area contributed by atoms with Crippen molar-refractivity contribution in [3.05, 3.63) is 63.1 Å². The van der Waals surface area contributed by atoms with Crippen LogP contribution in [0.2, 0.25) is 5.02 Å². The lowest BCUT2D eigenvalue weighted by Crippen LogP contribution is -1.97. The highest BCUT2D eigenvalue weighted by Crippen LogP contribution is 2.27. The standard InChI is InChI=1S/C14H11BrClNO2/c15-12-7-10(8-17-18)5-6-14(12)19-9-11-3-1-2-4-13(11)16/h1-8,18H,9H2/b17-8-. The van der Waals surface area contributed by atoms with E-state index in [0.717, 1.165) is 15.6 Å². The molecule has 2 aromatic carbocycles. The minimum atomic E-state index is 0.395. The number of hydrogen-bond acceptors (Lipinski definition) is 3. The van der Waals surface area contributed by atoms with E-state index in [0.29, 0.717) is 17.4 Å². The van der Waals surface area contributed by atoms with Crippen molar-refractivity contribution in [2.24, 2.45) is 5.16 Å². The van der Waals surface area contributed by atoms with Gasteiger partial charge in [-0.1, -0.05) is 35.0 Å². The van der Waals surface area contributed by atoms with Crippen molar-refractivity contribution in [3.63, 3.8) is 0 Å². The Labute approximate surface area is 124 Å². The van der Waals surface area contributed by atoms with Crippen LogP contribution >= 0.6 is 27.5 Å². The van der Waals surface area contributed by atoms with Gasteiger partial charge in [-0.05, 0) is 45.8 Å². The zero-order chi connectivity index (χ0) is 13.7. The summed E-state index contributed by atoms with van der Waals surface area (Å²) in [6.45, 7) is 0.395. The third kappa shape index (κ3) is 3.72. The predicted molar refractivity (Wildman–Crippen MR) is 79.3 cm³/mol. The molecule has 1 N–H and O–H groups in total.